The fourth-order valence-electron chi connectivity index (χ4n) is 4.85. The molecule has 1 saturated carbocycles. The molecule has 3 fully saturated rings. The maximum atomic E-state index is 12.6. The van der Waals surface area contributed by atoms with Gasteiger partial charge < -0.3 is 14.4 Å². The third kappa shape index (κ3) is 3.00. The highest BCUT2D eigenvalue weighted by molar-refractivity contribution is 5.91. The van der Waals surface area contributed by atoms with Gasteiger partial charge in [0.05, 0.1) is 11.9 Å². The van der Waals surface area contributed by atoms with E-state index in [-0.39, 0.29) is 11.8 Å². The molecule has 1 aliphatic carbocycles. The first kappa shape index (κ1) is 16.2. The van der Waals surface area contributed by atoms with E-state index in [1.807, 2.05) is 4.90 Å². The zero-order chi connectivity index (χ0) is 16.6. The Balaban J connectivity index is 1.44. The first-order valence-corrected chi connectivity index (χ1v) is 9.45. The summed E-state index contributed by atoms with van der Waals surface area (Å²) in [7, 11) is 0. The van der Waals surface area contributed by atoms with Crippen LogP contribution in [0.4, 0.5) is 0 Å². The van der Waals surface area contributed by atoms with Crippen LogP contribution in [0.25, 0.3) is 0 Å². The van der Waals surface area contributed by atoms with Crippen LogP contribution in [0.1, 0.15) is 55.5 Å². The fraction of sp³-hybridized carbons (Fsp3) is 0.737. The summed E-state index contributed by atoms with van der Waals surface area (Å²) in [6.07, 6.45) is 9.68. The lowest BCUT2D eigenvalue weighted by Crippen LogP contribution is -2.62. The maximum absolute atomic E-state index is 12.6. The van der Waals surface area contributed by atoms with Crippen molar-refractivity contribution in [2.75, 3.05) is 26.2 Å². The molecule has 24 heavy (non-hydrogen) atoms. The smallest absolute Gasteiger partial charge is 0.289 e. The number of carbonyl (C=O) groups is 1. The van der Waals surface area contributed by atoms with Crippen molar-refractivity contribution in [3.8, 4) is 0 Å². The van der Waals surface area contributed by atoms with Crippen LogP contribution in [-0.4, -0.2) is 58.6 Å². The number of carbonyl (C=O) groups excluding carboxylic acids is 1. The van der Waals surface area contributed by atoms with E-state index in [9.17, 15) is 9.90 Å². The standard InChI is InChI=1S/C19H28N2O3/c22-18(17-7-4-12-24-17)21-11-9-19(23)8-10-20(13-15(19)14-21)16-5-2-1-3-6-16/h4,7,12,15-16,23H,1-3,5-6,8-11,13-14H2/t15-,19-/m1/s1. The van der Waals surface area contributed by atoms with Crippen molar-refractivity contribution < 1.29 is 14.3 Å². The summed E-state index contributed by atoms with van der Waals surface area (Å²) in [5.41, 5.74) is -0.592. The molecular formula is C19H28N2O3. The summed E-state index contributed by atoms with van der Waals surface area (Å²) < 4.78 is 5.26. The monoisotopic (exact) mass is 332 g/mol. The fourth-order valence-corrected chi connectivity index (χ4v) is 4.85. The number of furan rings is 1. The van der Waals surface area contributed by atoms with Gasteiger partial charge in [-0.2, -0.15) is 0 Å². The molecule has 132 valence electrons. The second-order valence-electron chi connectivity index (χ2n) is 7.82. The first-order chi connectivity index (χ1) is 11.7. The van der Waals surface area contributed by atoms with Gasteiger partial charge in [0, 0.05) is 38.1 Å². The SMILES string of the molecule is O=C(c1ccco1)N1CC[C@]2(O)CCN(C3CCCCC3)C[C@@H]2C1. The van der Waals surface area contributed by atoms with Crippen molar-refractivity contribution in [3.63, 3.8) is 0 Å². The number of likely N-dealkylation sites (tertiary alicyclic amines) is 2. The van der Waals surface area contributed by atoms with E-state index in [0.29, 0.717) is 31.3 Å². The number of rotatable bonds is 2. The average molecular weight is 332 g/mol. The van der Waals surface area contributed by atoms with Gasteiger partial charge in [-0.05, 0) is 37.8 Å². The van der Waals surface area contributed by atoms with Gasteiger partial charge in [-0.3, -0.25) is 9.69 Å². The van der Waals surface area contributed by atoms with Gasteiger partial charge in [-0.1, -0.05) is 19.3 Å². The van der Waals surface area contributed by atoms with E-state index in [1.165, 1.54) is 32.1 Å². The van der Waals surface area contributed by atoms with Crippen LogP contribution >= 0.6 is 0 Å². The summed E-state index contributed by atoms with van der Waals surface area (Å²) in [6, 6.07) is 4.15. The maximum Gasteiger partial charge on any atom is 0.289 e. The molecule has 1 aromatic rings. The number of nitrogens with zero attached hydrogens (tertiary/aromatic N) is 2. The molecule has 5 nitrogen and oxygen atoms in total. The molecule has 0 bridgehead atoms. The Morgan fingerprint density at radius 3 is 2.71 bits per heavy atom. The summed E-state index contributed by atoms with van der Waals surface area (Å²) in [4.78, 5) is 17.0. The molecule has 4 rings (SSSR count). The van der Waals surface area contributed by atoms with Crippen molar-refractivity contribution >= 4 is 5.91 Å². The Labute approximate surface area is 143 Å². The molecule has 1 amide bonds. The van der Waals surface area contributed by atoms with Gasteiger partial charge in [-0.25, -0.2) is 0 Å². The van der Waals surface area contributed by atoms with E-state index >= 15 is 0 Å². The van der Waals surface area contributed by atoms with Gasteiger partial charge in [0.2, 0.25) is 0 Å². The summed E-state index contributed by atoms with van der Waals surface area (Å²) in [6.45, 7) is 3.18. The van der Waals surface area contributed by atoms with E-state index in [1.54, 1.807) is 18.4 Å². The zero-order valence-corrected chi connectivity index (χ0v) is 14.3. The van der Waals surface area contributed by atoms with Crippen LogP contribution < -0.4 is 0 Å². The Morgan fingerprint density at radius 1 is 1.17 bits per heavy atom. The predicted molar refractivity (Wildman–Crippen MR) is 90.7 cm³/mol. The third-order valence-corrected chi connectivity index (χ3v) is 6.41. The highest BCUT2D eigenvalue weighted by Crippen LogP contribution is 2.38. The van der Waals surface area contributed by atoms with E-state index in [2.05, 4.69) is 4.90 Å². The molecule has 5 heteroatoms. The molecule has 1 aromatic heterocycles. The largest absolute Gasteiger partial charge is 0.459 e. The average Bonchev–Trinajstić information content (AvgIpc) is 3.15. The van der Waals surface area contributed by atoms with Gasteiger partial charge in [0.15, 0.2) is 5.76 Å². The second-order valence-corrected chi connectivity index (χ2v) is 7.82. The van der Waals surface area contributed by atoms with Crippen LogP contribution in [0.15, 0.2) is 22.8 Å². The van der Waals surface area contributed by atoms with Crippen molar-refractivity contribution in [3.05, 3.63) is 24.2 Å². The Bertz CT molecular complexity index is 567. The molecule has 2 aliphatic heterocycles. The lowest BCUT2D eigenvalue weighted by molar-refractivity contribution is -0.115. The number of amides is 1. The number of aliphatic hydroxyl groups is 1. The minimum absolute atomic E-state index is 0.0446. The molecular weight excluding hydrogens is 304 g/mol. The normalized spacial score (nSPS) is 32.5. The highest BCUT2D eigenvalue weighted by atomic mass is 16.3. The number of hydrogen-bond acceptors (Lipinski definition) is 4. The minimum Gasteiger partial charge on any atom is -0.459 e. The van der Waals surface area contributed by atoms with E-state index in [0.717, 1.165) is 19.5 Å². The van der Waals surface area contributed by atoms with Crippen LogP contribution in [0.5, 0.6) is 0 Å². The van der Waals surface area contributed by atoms with Crippen LogP contribution in [0, 0.1) is 5.92 Å². The summed E-state index contributed by atoms with van der Waals surface area (Å²) in [5, 5.41) is 11.0. The molecule has 2 saturated heterocycles. The molecule has 0 unspecified atom stereocenters. The minimum atomic E-state index is -0.592. The quantitative estimate of drug-likeness (QED) is 0.904. The van der Waals surface area contributed by atoms with Crippen molar-refractivity contribution in [2.24, 2.45) is 5.92 Å². The number of piperidine rings is 2. The lowest BCUT2D eigenvalue weighted by Gasteiger charge is -2.52. The van der Waals surface area contributed by atoms with Crippen molar-refractivity contribution in [1.29, 1.82) is 0 Å². The van der Waals surface area contributed by atoms with Gasteiger partial charge in [0.25, 0.3) is 5.91 Å². The Kier molecular flexibility index (Phi) is 4.39. The Morgan fingerprint density at radius 2 is 1.96 bits per heavy atom. The van der Waals surface area contributed by atoms with E-state index in [4.69, 9.17) is 4.42 Å². The summed E-state index contributed by atoms with van der Waals surface area (Å²) >= 11 is 0. The molecule has 1 N–H and O–H groups in total. The summed E-state index contributed by atoms with van der Waals surface area (Å²) in [5.74, 6) is 0.512. The first-order valence-electron chi connectivity index (χ1n) is 9.45. The second kappa shape index (κ2) is 6.52. The third-order valence-electron chi connectivity index (χ3n) is 6.41. The van der Waals surface area contributed by atoms with Gasteiger partial charge in [0.1, 0.15) is 0 Å². The molecule has 2 atom stereocenters. The predicted octanol–water partition coefficient (Wildman–Crippen LogP) is 2.51. The van der Waals surface area contributed by atoms with E-state index < -0.39 is 5.60 Å². The molecule has 3 aliphatic rings. The van der Waals surface area contributed by atoms with Gasteiger partial charge in [-0.15, -0.1) is 0 Å². The lowest BCUT2D eigenvalue weighted by atomic mass is 9.74. The topological polar surface area (TPSA) is 56.9 Å². The molecule has 0 radical (unpaired) electrons. The van der Waals surface area contributed by atoms with Crippen LogP contribution in [0.3, 0.4) is 0 Å². The number of hydrogen-bond donors (Lipinski definition) is 1. The van der Waals surface area contributed by atoms with Gasteiger partial charge >= 0.3 is 0 Å². The van der Waals surface area contributed by atoms with Crippen LogP contribution in [-0.2, 0) is 0 Å². The van der Waals surface area contributed by atoms with Crippen LogP contribution in [0.2, 0.25) is 0 Å². The van der Waals surface area contributed by atoms with Crippen molar-refractivity contribution in [2.45, 2.75) is 56.6 Å². The zero-order valence-electron chi connectivity index (χ0n) is 14.3. The molecule has 0 aromatic carbocycles. The number of fused-ring (bicyclic) bond motifs is 1. The van der Waals surface area contributed by atoms with Crippen molar-refractivity contribution in [1.82, 2.24) is 9.80 Å². The Hall–Kier alpha value is -1.33. The molecule has 3 heterocycles. The molecule has 0 spiro atoms. The highest BCUT2D eigenvalue weighted by Gasteiger charge is 2.47.